The molecule has 2 nitrogen and oxygen atoms in total. The summed E-state index contributed by atoms with van der Waals surface area (Å²) in [5.74, 6) is 0.638. The molecule has 0 bridgehead atoms. The highest BCUT2D eigenvalue weighted by atomic mass is 16.6. The van der Waals surface area contributed by atoms with Gasteiger partial charge in [0.05, 0.1) is 5.71 Å². The van der Waals surface area contributed by atoms with Gasteiger partial charge < -0.3 is 4.84 Å². The molecule has 0 radical (unpaired) electrons. The fourth-order valence-electron chi connectivity index (χ4n) is 2.16. The first-order valence-corrected chi connectivity index (χ1v) is 5.45. The maximum absolute atomic E-state index is 4.82. The highest BCUT2D eigenvalue weighted by Gasteiger charge is 2.22. The first-order valence-electron chi connectivity index (χ1n) is 5.45. The zero-order valence-corrected chi connectivity index (χ0v) is 9.36. The van der Waals surface area contributed by atoms with Gasteiger partial charge in [-0.25, -0.2) is 0 Å². The Morgan fingerprint density at radius 2 is 2.00 bits per heavy atom. The average molecular weight is 203 g/mol. The third-order valence-electron chi connectivity index (χ3n) is 3.03. The monoisotopic (exact) mass is 203 g/mol. The van der Waals surface area contributed by atoms with E-state index >= 15 is 0 Å². The van der Waals surface area contributed by atoms with E-state index in [1.165, 1.54) is 23.3 Å². The molecule has 1 unspecified atom stereocenters. The van der Waals surface area contributed by atoms with E-state index in [9.17, 15) is 0 Å². The summed E-state index contributed by atoms with van der Waals surface area (Å²) in [5.41, 5.74) is 3.95. The number of aryl methyl sites for hydroxylation is 1. The maximum atomic E-state index is 4.82. The lowest BCUT2D eigenvalue weighted by atomic mass is 9.97. The molecule has 2 heteroatoms. The van der Waals surface area contributed by atoms with Crippen molar-refractivity contribution in [1.29, 1.82) is 0 Å². The molecule has 80 valence electrons. The van der Waals surface area contributed by atoms with Crippen molar-refractivity contribution in [3.8, 4) is 0 Å². The van der Waals surface area contributed by atoms with E-state index in [0.717, 1.165) is 12.8 Å². The molecule has 1 saturated carbocycles. The van der Waals surface area contributed by atoms with E-state index in [0.29, 0.717) is 5.92 Å². The Bertz CT molecular complexity index is 353. The van der Waals surface area contributed by atoms with Gasteiger partial charge in [-0.3, -0.25) is 0 Å². The lowest BCUT2D eigenvalue weighted by Gasteiger charge is -2.08. The SMILES string of the molecule is CON=C1CCC(c2ccc(C)cc2)C1. The number of benzene rings is 1. The molecular formula is C13H17NO. The normalized spacial score (nSPS) is 23.3. The molecule has 1 aromatic carbocycles. The molecule has 1 aliphatic carbocycles. The first-order chi connectivity index (χ1) is 7.29. The predicted molar refractivity (Wildman–Crippen MR) is 62.2 cm³/mol. The van der Waals surface area contributed by atoms with E-state index in [2.05, 4.69) is 36.3 Å². The van der Waals surface area contributed by atoms with Gasteiger partial charge in [0.1, 0.15) is 7.11 Å². The maximum Gasteiger partial charge on any atom is 0.106 e. The summed E-state index contributed by atoms with van der Waals surface area (Å²) in [6, 6.07) is 8.83. The van der Waals surface area contributed by atoms with Crippen molar-refractivity contribution < 1.29 is 4.84 Å². The lowest BCUT2D eigenvalue weighted by molar-refractivity contribution is 0.212. The molecule has 1 aromatic rings. The van der Waals surface area contributed by atoms with E-state index in [1.54, 1.807) is 7.11 Å². The second-order valence-electron chi connectivity index (χ2n) is 4.19. The van der Waals surface area contributed by atoms with Crippen LogP contribution in [0.2, 0.25) is 0 Å². The zero-order valence-electron chi connectivity index (χ0n) is 9.36. The van der Waals surface area contributed by atoms with Gasteiger partial charge in [-0.15, -0.1) is 0 Å². The summed E-state index contributed by atoms with van der Waals surface area (Å²) in [6.07, 6.45) is 3.33. The molecule has 0 aliphatic heterocycles. The summed E-state index contributed by atoms with van der Waals surface area (Å²) >= 11 is 0. The van der Waals surface area contributed by atoms with Crippen molar-refractivity contribution in [2.24, 2.45) is 5.16 Å². The van der Waals surface area contributed by atoms with Crippen molar-refractivity contribution in [3.63, 3.8) is 0 Å². The Morgan fingerprint density at radius 1 is 1.27 bits per heavy atom. The van der Waals surface area contributed by atoms with Gasteiger partial charge in [0.2, 0.25) is 0 Å². The topological polar surface area (TPSA) is 21.6 Å². The Hall–Kier alpha value is -1.31. The van der Waals surface area contributed by atoms with Gasteiger partial charge >= 0.3 is 0 Å². The van der Waals surface area contributed by atoms with Gasteiger partial charge in [-0.05, 0) is 37.7 Å². The largest absolute Gasteiger partial charge is 0.399 e. The van der Waals surface area contributed by atoms with Crippen LogP contribution in [0.25, 0.3) is 0 Å². The van der Waals surface area contributed by atoms with Crippen molar-refractivity contribution in [1.82, 2.24) is 0 Å². The minimum Gasteiger partial charge on any atom is -0.399 e. The van der Waals surface area contributed by atoms with Crippen LogP contribution in [0, 0.1) is 6.92 Å². The highest BCUT2D eigenvalue weighted by molar-refractivity contribution is 5.86. The molecule has 15 heavy (non-hydrogen) atoms. The van der Waals surface area contributed by atoms with Crippen LogP contribution in [-0.2, 0) is 4.84 Å². The molecule has 0 heterocycles. The Morgan fingerprint density at radius 3 is 2.67 bits per heavy atom. The van der Waals surface area contributed by atoms with Crippen molar-refractivity contribution in [2.75, 3.05) is 7.11 Å². The summed E-state index contributed by atoms with van der Waals surface area (Å²) < 4.78 is 0. The van der Waals surface area contributed by atoms with Crippen molar-refractivity contribution in [2.45, 2.75) is 32.1 Å². The number of hydrogen-bond acceptors (Lipinski definition) is 2. The molecule has 0 N–H and O–H groups in total. The fraction of sp³-hybridized carbons (Fsp3) is 0.462. The number of hydrogen-bond donors (Lipinski definition) is 0. The van der Waals surface area contributed by atoms with E-state index in [4.69, 9.17) is 4.84 Å². The summed E-state index contributed by atoms with van der Waals surface area (Å²) in [4.78, 5) is 4.82. The van der Waals surface area contributed by atoms with Crippen LogP contribution in [0.3, 0.4) is 0 Å². The van der Waals surface area contributed by atoms with Gasteiger partial charge in [-0.1, -0.05) is 35.0 Å². The molecule has 2 rings (SSSR count). The quantitative estimate of drug-likeness (QED) is 0.676. The molecule has 0 aromatic heterocycles. The summed E-state index contributed by atoms with van der Waals surface area (Å²) in [7, 11) is 1.62. The van der Waals surface area contributed by atoms with Crippen LogP contribution in [0.15, 0.2) is 29.4 Å². The average Bonchev–Trinajstić information content (AvgIpc) is 2.68. The Balaban J connectivity index is 2.07. The number of oxime groups is 1. The molecule has 0 spiro atoms. The van der Waals surface area contributed by atoms with Crippen LogP contribution >= 0.6 is 0 Å². The van der Waals surface area contributed by atoms with Crippen LogP contribution < -0.4 is 0 Å². The van der Waals surface area contributed by atoms with E-state index in [-0.39, 0.29) is 0 Å². The smallest absolute Gasteiger partial charge is 0.106 e. The van der Waals surface area contributed by atoms with Crippen molar-refractivity contribution in [3.05, 3.63) is 35.4 Å². The van der Waals surface area contributed by atoms with Crippen LogP contribution in [0.5, 0.6) is 0 Å². The Kier molecular flexibility index (Phi) is 3.05. The van der Waals surface area contributed by atoms with Crippen LogP contribution in [-0.4, -0.2) is 12.8 Å². The standard InChI is InChI=1S/C13H17NO/c1-10-3-5-11(6-4-10)12-7-8-13(9-12)14-15-2/h3-6,12H,7-9H2,1-2H3. The molecule has 1 atom stereocenters. The van der Waals surface area contributed by atoms with Crippen LogP contribution in [0.4, 0.5) is 0 Å². The molecule has 1 aliphatic rings. The predicted octanol–water partition coefficient (Wildman–Crippen LogP) is 3.26. The second kappa shape index (κ2) is 4.47. The fourth-order valence-corrected chi connectivity index (χ4v) is 2.16. The van der Waals surface area contributed by atoms with Crippen molar-refractivity contribution >= 4 is 5.71 Å². The third-order valence-corrected chi connectivity index (χ3v) is 3.03. The highest BCUT2D eigenvalue weighted by Crippen LogP contribution is 2.32. The molecule has 0 saturated heterocycles. The minimum atomic E-state index is 0.638. The van der Waals surface area contributed by atoms with Crippen LogP contribution in [0.1, 0.15) is 36.3 Å². The zero-order chi connectivity index (χ0) is 10.7. The number of nitrogens with zero attached hydrogens (tertiary/aromatic N) is 1. The summed E-state index contributed by atoms with van der Waals surface area (Å²) in [5, 5.41) is 4.03. The second-order valence-corrected chi connectivity index (χ2v) is 4.19. The molecule has 1 fully saturated rings. The molecule has 0 amide bonds. The number of rotatable bonds is 2. The summed E-state index contributed by atoms with van der Waals surface area (Å²) in [6.45, 7) is 2.12. The first kappa shape index (κ1) is 10.2. The van der Waals surface area contributed by atoms with E-state index < -0.39 is 0 Å². The Labute approximate surface area is 90.9 Å². The molecular weight excluding hydrogens is 186 g/mol. The minimum absolute atomic E-state index is 0.638. The van der Waals surface area contributed by atoms with E-state index in [1.807, 2.05) is 0 Å². The van der Waals surface area contributed by atoms with Gasteiger partial charge in [0, 0.05) is 0 Å². The van der Waals surface area contributed by atoms with Gasteiger partial charge in [0.15, 0.2) is 0 Å². The van der Waals surface area contributed by atoms with Gasteiger partial charge in [-0.2, -0.15) is 0 Å². The lowest BCUT2D eigenvalue weighted by Crippen LogP contribution is -1.95. The van der Waals surface area contributed by atoms with Gasteiger partial charge in [0.25, 0.3) is 0 Å². The third kappa shape index (κ3) is 2.38.